The number of hydrogen-bond donors (Lipinski definition) is 1. The summed E-state index contributed by atoms with van der Waals surface area (Å²) >= 11 is 8.13. The van der Waals surface area contributed by atoms with Crippen molar-refractivity contribution < 1.29 is 9.47 Å². The number of halogens is 1. The highest BCUT2D eigenvalue weighted by molar-refractivity contribution is 7.19. The molecule has 4 aromatic rings. The molecule has 1 aromatic carbocycles. The summed E-state index contributed by atoms with van der Waals surface area (Å²) in [7, 11) is 0. The number of fused-ring (bicyclic) bond motifs is 2. The van der Waals surface area contributed by atoms with Gasteiger partial charge in [0.05, 0.1) is 10.4 Å². The van der Waals surface area contributed by atoms with E-state index in [1.807, 2.05) is 31.2 Å². The van der Waals surface area contributed by atoms with Crippen molar-refractivity contribution in [3.8, 4) is 22.9 Å². The van der Waals surface area contributed by atoms with Gasteiger partial charge in [-0.25, -0.2) is 9.97 Å². The predicted molar refractivity (Wildman–Crippen MR) is 115 cm³/mol. The van der Waals surface area contributed by atoms with Gasteiger partial charge < -0.3 is 14.8 Å². The predicted octanol–water partition coefficient (Wildman–Crippen LogP) is 5.10. The molecule has 4 heterocycles. The van der Waals surface area contributed by atoms with Crippen LogP contribution in [0.25, 0.3) is 21.6 Å². The maximum absolute atomic E-state index is 6.55. The molecule has 0 spiro atoms. The van der Waals surface area contributed by atoms with Gasteiger partial charge in [0.25, 0.3) is 0 Å². The van der Waals surface area contributed by atoms with Gasteiger partial charge in [-0.1, -0.05) is 17.7 Å². The standard InChI is InChI=1S/C21H17ClN4O2S/c1-12-18(22)17-20(24-9-4-13-2-3-15-16(10-13)28-11-27-15)25-19(26-21(17)29-12)14-5-7-23-8-6-14/h2-3,5-8,10H,4,9,11H2,1H3,(H,24,25,26). The minimum Gasteiger partial charge on any atom is -0.454 e. The number of rotatable bonds is 5. The Morgan fingerprint density at radius 1 is 1.10 bits per heavy atom. The summed E-state index contributed by atoms with van der Waals surface area (Å²) in [5.41, 5.74) is 2.08. The highest BCUT2D eigenvalue weighted by Gasteiger charge is 2.17. The van der Waals surface area contributed by atoms with E-state index in [9.17, 15) is 0 Å². The van der Waals surface area contributed by atoms with Gasteiger partial charge in [0.1, 0.15) is 10.6 Å². The van der Waals surface area contributed by atoms with Crippen LogP contribution in [0.3, 0.4) is 0 Å². The average molecular weight is 425 g/mol. The molecule has 0 unspecified atom stereocenters. The maximum atomic E-state index is 6.55. The molecule has 1 N–H and O–H groups in total. The number of nitrogens with zero attached hydrogens (tertiary/aromatic N) is 3. The number of thiophene rings is 1. The Hall–Kier alpha value is -2.90. The summed E-state index contributed by atoms with van der Waals surface area (Å²) < 4.78 is 10.8. The smallest absolute Gasteiger partial charge is 0.231 e. The number of nitrogens with one attached hydrogen (secondary N) is 1. The topological polar surface area (TPSA) is 69.2 Å². The molecule has 5 rings (SSSR count). The fourth-order valence-electron chi connectivity index (χ4n) is 3.26. The Kier molecular flexibility index (Phi) is 4.69. The van der Waals surface area contributed by atoms with E-state index in [1.165, 1.54) is 0 Å². The number of ether oxygens (including phenoxy) is 2. The first-order valence-electron chi connectivity index (χ1n) is 9.18. The van der Waals surface area contributed by atoms with Crippen LogP contribution in [0.15, 0.2) is 42.7 Å². The molecule has 1 aliphatic heterocycles. The lowest BCUT2D eigenvalue weighted by Gasteiger charge is -2.10. The van der Waals surface area contributed by atoms with Gasteiger partial charge in [-0.05, 0) is 43.2 Å². The SMILES string of the molecule is Cc1sc2nc(-c3ccncc3)nc(NCCc3ccc4c(c3)OCO4)c2c1Cl. The van der Waals surface area contributed by atoms with Crippen LogP contribution in [0, 0.1) is 6.92 Å². The van der Waals surface area contributed by atoms with Gasteiger partial charge in [0, 0.05) is 29.4 Å². The van der Waals surface area contributed by atoms with Crippen LogP contribution in [-0.2, 0) is 6.42 Å². The molecule has 0 bridgehead atoms. The molecular formula is C21H17ClN4O2S. The summed E-state index contributed by atoms with van der Waals surface area (Å²) in [5, 5.41) is 5.03. The van der Waals surface area contributed by atoms with E-state index in [1.54, 1.807) is 23.7 Å². The van der Waals surface area contributed by atoms with E-state index in [0.29, 0.717) is 17.4 Å². The second kappa shape index (κ2) is 7.50. The van der Waals surface area contributed by atoms with E-state index in [2.05, 4.69) is 16.4 Å². The average Bonchev–Trinajstić information content (AvgIpc) is 3.32. The van der Waals surface area contributed by atoms with Crippen molar-refractivity contribution in [2.24, 2.45) is 0 Å². The molecule has 1 aliphatic rings. The summed E-state index contributed by atoms with van der Waals surface area (Å²) in [5.74, 6) is 2.99. The molecule has 0 saturated carbocycles. The van der Waals surface area contributed by atoms with Gasteiger partial charge in [0.15, 0.2) is 17.3 Å². The van der Waals surface area contributed by atoms with Gasteiger partial charge in [-0.3, -0.25) is 4.98 Å². The third-order valence-corrected chi connectivity index (χ3v) is 6.32. The highest BCUT2D eigenvalue weighted by atomic mass is 35.5. The molecule has 0 atom stereocenters. The van der Waals surface area contributed by atoms with Crippen molar-refractivity contribution in [3.05, 3.63) is 58.2 Å². The molecule has 0 radical (unpaired) electrons. The van der Waals surface area contributed by atoms with Crippen molar-refractivity contribution in [3.63, 3.8) is 0 Å². The fraction of sp³-hybridized carbons (Fsp3) is 0.190. The first-order valence-corrected chi connectivity index (χ1v) is 10.4. The van der Waals surface area contributed by atoms with E-state index in [-0.39, 0.29) is 6.79 Å². The molecular weight excluding hydrogens is 408 g/mol. The summed E-state index contributed by atoms with van der Waals surface area (Å²) in [4.78, 5) is 15.5. The van der Waals surface area contributed by atoms with E-state index >= 15 is 0 Å². The van der Waals surface area contributed by atoms with E-state index < -0.39 is 0 Å². The molecule has 8 heteroatoms. The van der Waals surface area contributed by atoms with Crippen LogP contribution < -0.4 is 14.8 Å². The minimum absolute atomic E-state index is 0.281. The molecule has 0 saturated heterocycles. The Labute approximate surface area is 176 Å². The first kappa shape index (κ1) is 18.1. The van der Waals surface area contributed by atoms with Crippen molar-refractivity contribution >= 4 is 39.0 Å². The zero-order valence-electron chi connectivity index (χ0n) is 15.6. The van der Waals surface area contributed by atoms with Crippen LogP contribution in [0.5, 0.6) is 11.5 Å². The van der Waals surface area contributed by atoms with Crippen molar-refractivity contribution in [2.75, 3.05) is 18.7 Å². The lowest BCUT2D eigenvalue weighted by Crippen LogP contribution is -2.08. The van der Waals surface area contributed by atoms with Crippen molar-refractivity contribution in [1.29, 1.82) is 0 Å². The Morgan fingerprint density at radius 3 is 2.79 bits per heavy atom. The zero-order valence-corrected chi connectivity index (χ0v) is 17.2. The van der Waals surface area contributed by atoms with Crippen molar-refractivity contribution in [2.45, 2.75) is 13.3 Å². The summed E-state index contributed by atoms with van der Waals surface area (Å²) in [6.45, 7) is 2.98. The first-order chi connectivity index (χ1) is 14.2. The normalized spacial score (nSPS) is 12.5. The van der Waals surface area contributed by atoms with E-state index in [0.717, 1.165) is 50.0 Å². The monoisotopic (exact) mass is 424 g/mol. The Bertz CT molecular complexity index is 1200. The molecule has 0 fully saturated rings. The minimum atomic E-state index is 0.281. The van der Waals surface area contributed by atoms with E-state index in [4.69, 9.17) is 31.0 Å². The number of benzene rings is 1. The summed E-state index contributed by atoms with van der Waals surface area (Å²) in [6.07, 6.45) is 4.29. The quantitative estimate of drug-likeness (QED) is 0.480. The lowest BCUT2D eigenvalue weighted by atomic mass is 10.1. The maximum Gasteiger partial charge on any atom is 0.231 e. The molecule has 29 heavy (non-hydrogen) atoms. The number of anilines is 1. The van der Waals surface area contributed by atoms with Gasteiger partial charge in [-0.15, -0.1) is 11.3 Å². The molecule has 6 nitrogen and oxygen atoms in total. The molecule has 0 amide bonds. The molecule has 3 aromatic heterocycles. The van der Waals surface area contributed by atoms with Gasteiger partial charge >= 0.3 is 0 Å². The largest absolute Gasteiger partial charge is 0.454 e. The summed E-state index contributed by atoms with van der Waals surface area (Å²) in [6, 6.07) is 9.82. The van der Waals surface area contributed by atoms with Crippen LogP contribution in [-0.4, -0.2) is 28.3 Å². The number of aryl methyl sites for hydroxylation is 1. The second-order valence-electron chi connectivity index (χ2n) is 6.65. The second-order valence-corrected chi connectivity index (χ2v) is 8.23. The van der Waals surface area contributed by atoms with Crippen LogP contribution in [0.2, 0.25) is 5.02 Å². The number of aromatic nitrogens is 3. The third kappa shape index (κ3) is 3.47. The zero-order chi connectivity index (χ0) is 19.8. The molecule has 0 aliphatic carbocycles. The highest BCUT2D eigenvalue weighted by Crippen LogP contribution is 2.38. The van der Waals surface area contributed by atoms with Gasteiger partial charge in [-0.2, -0.15) is 0 Å². The molecule has 146 valence electrons. The third-order valence-electron chi connectivity index (χ3n) is 4.74. The Balaban J connectivity index is 1.43. The number of pyridine rings is 1. The van der Waals surface area contributed by atoms with Crippen molar-refractivity contribution in [1.82, 2.24) is 15.0 Å². The number of hydrogen-bond acceptors (Lipinski definition) is 7. The lowest BCUT2D eigenvalue weighted by molar-refractivity contribution is 0.174. The van der Waals surface area contributed by atoms with Crippen LogP contribution in [0.4, 0.5) is 5.82 Å². The Morgan fingerprint density at radius 2 is 1.93 bits per heavy atom. The van der Waals surface area contributed by atoms with Crippen LogP contribution >= 0.6 is 22.9 Å². The van der Waals surface area contributed by atoms with Crippen LogP contribution in [0.1, 0.15) is 10.4 Å². The fourth-order valence-corrected chi connectivity index (χ4v) is 4.52. The van der Waals surface area contributed by atoms with Gasteiger partial charge in [0.2, 0.25) is 6.79 Å².